The third-order valence-corrected chi connectivity index (χ3v) is 5.17. The third kappa shape index (κ3) is 3.24. The molecule has 0 spiro atoms. The van der Waals surface area contributed by atoms with Crippen molar-refractivity contribution in [2.24, 2.45) is 0 Å². The Morgan fingerprint density at radius 2 is 2.17 bits per heavy atom. The predicted octanol–water partition coefficient (Wildman–Crippen LogP) is 2.13. The predicted molar refractivity (Wildman–Crippen MR) is 94.3 cm³/mol. The number of aromatic nitrogens is 2. The summed E-state index contributed by atoms with van der Waals surface area (Å²) in [7, 11) is 0. The topological polar surface area (TPSA) is 42.3 Å². The van der Waals surface area contributed by atoms with Crippen molar-refractivity contribution in [3.8, 4) is 5.69 Å². The van der Waals surface area contributed by atoms with Crippen molar-refractivity contribution in [1.82, 2.24) is 19.8 Å². The maximum Gasteiger partial charge on any atom is 0.110 e. The number of hydrogen-bond acceptors (Lipinski definition) is 4. The van der Waals surface area contributed by atoms with E-state index in [4.69, 9.17) is 4.74 Å². The Morgan fingerprint density at radius 3 is 3.04 bits per heavy atom. The number of nitrogens with zero attached hydrogens (tertiary/aromatic N) is 3. The number of ether oxygens (including phenoxy) is 1. The van der Waals surface area contributed by atoms with Gasteiger partial charge in [0, 0.05) is 31.4 Å². The van der Waals surface area contributed by atoms with E-state index in [2.05, 4.69) is 44.0 Å². The van der Waals surface area contributed by atoms with Crippen LogP contribution in [0.15, 0.2) is 36.5 Å². The van der Waals surface area contributed by atoms with Crippen LogP contribution in [0.3, 0.4) is 0 Å². The lowest BCUT2D eigenvalue weighted by Crippen LogP contribution is -2.49. The Hall–Kier alpha value is -1.69. The molecule has 5 heteroatoms. The van der Waals surface area contributed by atoms with Crippen LogP contribution < -0.4 is 5.32 Å². The van der Waals surface area contributed by atoms with Gasteiger partial charge in [0.25, 0.3) is 0 Å². The fraction of sp³-hybridized carbons (Fsp3) is 0.526. The monoisotopic (exact) mass is 326 g/mol. The molecule has 5 nitrogen and oxygen atoms in total. The van der Waals surface area contributed by atoms with Gasteiger partial charge in [0.15, 0.2) is 0 Å². The quantitative estimate of drug-likeness (QED) is 0.914. The van der Waals surface area contributed by atoms with Gasteiger partial charge in [-0.05, 0) is 38.4 Å². The molecule has 1 aromatic heterocycles. The molecule has 3 heterocycles. The molecule has 0 amide bonds. The van der Waals surface area contributed by atoms with E-state index in [9.17, 15) is 0 Å². The first-order chi connectivity index (χ1) is 11.8. The maximum absolute atomic E-state index is 6.02. The van der Waals surface area contributed by atoms with Gasteiger partial charge in [-0.25, -0.2) is 4.98 Å². The fourth-order valence-electron chi connectivity index (χ4n) is 3.92. The van der Waals surface area contributed by atoms with Crippen LogP contribution in [0.4, 0.5) is 0 Å². The number of nitrogens with one attached hydrogen (secondary N) is 1. The number of benzene rings is 1. The minimum absolute atomic E-state index is 0.300. The van der Waals surface area contributed by atoms with Crippen LogP contribution in [0.25, 0.3) is 5.69 Å². The molecule has 1 aromatic carbocycles. The molecule has 0 aliphatic carbocycles. The number of rotatable bonds is 5. The van der Waals surface area contributed by atoms with Crippen LogP contribution in [0.5, 0.6) is 0 Å². The molecule has 2 fully saturated rings. The van der Waals surface area contributed by atoms with Gasteiger partial charge in [-0.15, -0.1) is 0 Å². The fourth-order valence-corrected chi connectivity index (χ4v) is 3.92. The van der Waals surface area contributed by atoms with Crippen molar-refractivity contribution in [2.75, 3.05) is 26.2 Å². The van der Waals surface area contributed by atoms with Gasteiger partial charge >= 0.3 is 0 Å². The number of aryl methyl sites for hydroxylation is 1. The van der Waals surface area contributed by atoms with Gasteiger partial charge in [0.1, 0.15) is 5.82 Å². The van der Waals surface area contributed by atoms with Crippen molar-refractivity contribution in [3.63, 3.8) is 0 Å². The SMILES string of the molecule is Cc1ncc(CNC[C@H]2CN3CCC[C@H]3CO2)n1-c1ccccc1. The molecular weight excluding hydrogens is 300 g/mol. The summed E-state index contributed by atoms with van der Waals surface area (Å²) in [6, 6.07) is 11.1. The molecule has 2 aliphatic heterocycles. The standard InChI is InChI=1S/C19H26N4O/c1-15-21-11-18(23(15)16-6-3-2-4-7-16)10-20-12-19-13-22-9-5-8-17(22)14-24-19/h2-4,6-7,11,17,19-20H,5,8-10,12-14H2,1H3/t17-,19-/m0/s1. The summed E-state index contributed by atoms with van der Waals surface area (Å²) in [6.45, 7) is 6.95. The van der Waals surface area contributed by atoms with E-state index < -0.39 is 0 Å². The molecule has 4 rings (SSSR count). The first kappa shape index (κ1) is 15.8. The zero-order valence-electron chi connectivity index (χ0n) is 14.3. The number of morpholine rings is 1. The second kappa shape index (κ2) is 7.05. The van der Waals surface area contributed by atoms with Gasteiger partial charge < -0.3 is 10.1 Å². The van der Waals surface area contributed by atoms with Crippen molar-refractivity contribution < 1.29 is 4.74 Å². The van der Waals surface area contributed by atoms with Crippen LogP contribution >= 0.6 is 0 Å². The Morgan fingerprint density at radius 1 is 1.29 bits per heavy atom. The lowest BCUT2D eigenvalue weighted by atomic mass is 10.2. The highest BCUT2D eigenvalue weighted by atomic mass is 16.5. The zero-order valence-corrected chi connectivity index (χ0v) is 14.3. The molecular formula is C19H26N4O. The Bertz CT molecular complexity index is 669. The first-order valence-corrected chi connectivity index (χ1v) is 8.96. The second-order valence-electron chi connectivity index (χ2n) is 6.84. The number of fused-ring (bicyclic) bond motifs is 1. The normalized spacial score (nSPS) is 24.2. The lowest BCUT2D eigenvalue weighted by Gasteiger charge is -2.35. The summed E-state index contributed by atoms with van der Waals surface area (Å²) < 4.78 is 8.24. The highest BCUT2D eigenvalue weighted by Gasteiger charge is 2.31. The summed E-state index contributed by atoms with van der Waals surface area (Å²) in [5, 5.41) is 3.56. The van der Waals surface area contributed by atoms with E-state index in [0.29, 0.717) is 12.1 Å². The minimum atomic E-state index is 0.300. The summed E-state index contributed by atoms with van der Waals surface area (Å²) in [6.07, 6.45) is 4.89. The van der Waals surface area contributed by atoms with Crippen LogP contribution in [0.1, 0.15) is 24.4 Å². The molecule has 0 bridgehead atoms. The zero-order chi connectivity index (χ0) is 16.4. The highest BCUT2D eigenvalue weighted by molar-refractivity contribution is 5.35. The average Bonchev–Trinajstić information content (AvgIpc) is 3.22. The van der Waals surface area contributed by atoms with Crippen LogP contribution in [0.2, 0.25) is 0 Å². The van der Waals surface area contributed by atoms with Gasteiger partial charge in [-0.3, -0.25) is 9.47 Å². The third-order valence-electron chi connectivity index (χ3n) is 5.17. The van der Waals surface area contributed by atoms with Crippen molar-refractivity contribution >= 4 is 0 Å². The summed E-state index contributed by atoms with van der Waals surface area (Å²) in [5.74, 6) is 1.02. The highest BCUT2D eigenvalue weighted by Crippen LogP contribution is 2.22. The molecule has 0 saturated carbocycles. The number of imidazole rings is 1. The molecule has 0 unspecified atom stereocenters. The molecule has 24 heavy (non-hydrogen) atoms. The molecule has 128 valence electrons. The summed E-state index contributed by atoms with van der Waals surface area (Å²) >= 11 is 0. The molecule has 1 N–H and O–H groups in total. The average molecular weight is 326 g/mol. The Labute approximate surface area is 143 Å². The molecule has 2 aromatic rings. The van der Waals surface area contributed by atoms with E-state index in [0.717, 1.165) is 37.8 Å². The van der Waals surface area contributed by atoms with Crippen LogP contribution in [-0.4, -0.2) is 52.8 Å². The van der Waals surface area contributed by atoms with E-state index >= 15 is 0 Å². The van der Waals surface area contributed by atoms with Crippen LogP contribution in [-0.2, 0) is 11.3 Å². The van der Waals surface area contributed by atoms with Crippen molar-refractivity contribution in [3.05, 3.63) is 48.0 Å². The van der Waals surface area contributed by atoms with Crippen molar-refractivity contribution in [2.45, 2.75) is 38.5 Å². The first-order valence-electron chi connectivity index (χ1n) is 8.96. The smallest absolute Gasteiger partial charge is 0.110 e. The van der Waals surface area contributed by atoms with Crippen LogP contribution in [0, 0.1) is 6.92 Å². The van der Waals surface area contributed by atoms with Gasteiger partial charge in [-0.2, -0.15) is 0 Å². The number of hydrogen-bond donors (Lipinski definition) is 1. The van der Waals surface area contributed by atoms with E-state index in [1.165, 1.54) is 25.1 Å². The summed E-state index contributed by atoms with van der Waals surface area (Å²) in [4.78, 5) is 7.08. The molecule has 0 radical (unpaired) electrons. The Kier molecular flexibility index (Phi) is 4.65. The largest absolute Gasteiger partial charge is 0.374 e. The molecule has 2 saturated heterocycles. The molecule has 2 atom stereocenters. The van der Waals surface area contributed by atoms with Crippen molar-refractivity contribution in [1.29, 1.82) is 0 Å². The van der Waals surface area contributed by atoms with Gasteiger partial charge in [0.2, 0.25) is 0 Å². The van der Waals surface area contributed by atoms with E-state index in [1.807, 2.05) is 19.2 Å². The number of para-hydroxylation sites is 1. The second-order valence-corrected chi connectivity index (χ2v) is 6.84. The van der Waals surface area contributed by atoms with Gasteiger partial charge in [0.05, 0.1) is 24.6 Å². The Balaban J connectivity index is 1.35. The minimum Gasteiger partial charge on any atom is -0.374 e. The lowest BCUT2D eigenvalue weighted by molar-refractivity contribution is -0.0470. The van der Waals surface area contributed by atoms with E-state index in [-0.39, 0.29) is 0 Å². The summed E-state index contributed by atoms with van der Waals surface area (Å²) in [5.41, 5.74) is 2.35. The maximum atomic E-state index is 6.02. The van der Waals surface area contributed by atoms with Gasteiger partial charge in [-0.1, -0.05) is 18.2 Å². The van der Waals surface area contributed by atoms with E-state index in [1.54, 1.807) is 0 Å². The molecule has 2 aliphatic rings.